The third kappa shape index (κ3) is 5.08. The third-order valence-corrected chi connectivity index (χ3v) is 4.00. The molecule has 3 amide bonds. The molecule has 1 saturated heterocycles. The fourth-order valence-electron chi connectivity index (χ4n) is 2.39. The highest BCUT2D eigenvalue weighted by molar-refractivity contribution is 7.80. The van der Waals surface area contributed by atoms with Gasteiger partial charge in [-0.25, -0.2) is 4.79 Å². The first-order valence-corrected chi connectivity index (χ1v) is 8.03. The lowest BCUT2D eigenvalue weighted by atomic mass is 10.2. The van der Waals surface area contributed by atoms with Gasteiger partial charge in [0.1, 0.15) is 18.1 Å². The van der Waals surface area contributed by atoms with Gasteiger partial charge in [-0.3, -0.25) is 14.4 Å². The monoisotopic (exact) mass is 362 g/mol. The summed E-state index contributed by atoms with van der Waals surface area (Å²) < 4.78 is 0. The Hall–Kier alpha value is -1.85. The largest absolute Gasteiger partial charge is 0.480 e. The van der Waals surface area contributed by atoms with Gasteiger partial charge in [-0.05, 0) is 12.8 Å². The number of carboxylic acid groups (broad SMARTS) is 1. The molecule has 3 atom stereocenters. The number of hydrogen-bond donors (Lipinski definition) is 6. The van der Waals surface area contributed by atoms with Crippen LogP contribution >= 0.6 is 12.6 Å². The van der Waals surface area contributed by atoms with Crippen molar-refractivity contribution in [1.82, 2.24) is 15.5 Å². The molecule has 1 heterocycles. The number of thiol groups is 1. The van der Waals surface area contributed by atoms with Gasteiger partial charge in [-0.2, -0.15) is 12.6 Å². The number of nitrogens with two attached hydrogens (primary N) is 1. The number of likely N-dealkylation sites (tertiary alicyclic amines) is 1. The predicted molar refractivity (Wildman–Crippen MR) is 86.2 cm³/mol. The van der Waals surface area contributed by atoms with E-state index < -0.39 is 48.4 Å². The molecule has 0 aromatic heterocycles. The van der Waals surface area contributed by atoms with E-state index in [-0.39, 0.29) is 18.8 Å². The number of carbonyl (C=O) groups is 4. The zero-order valence-corrected chi connectivity index (χ0v) is 13.9. The summed E-state index contributed by atoms with van der Waals surface area (Å²) in [7, 11) is 0. The van der Waals surface area contributed by atoms with Crippen molar-refractivity contribution in [3.05, 3.63) is 0 Å². The summed E-state index contributed by atoms with van der Waals surface area (Å²) >= 11 is 3.95. The molecule has 1 aliphatic rings. The van der Waals surface area contributed by atoms with Gasteiger partial charge in [-0.15, -0.1) is 0 Å². The van der Waals surface area contributed by atoms with Crippen LogP contribution in [0.4, 0.5) is 0 Å². The minimum absolute atomic E-state index is 0.0363. The fourth-order valence-corrected chi connectivity index (χ4v) is 2.65. The molecule has 0 bridgehead atoms. The molecule has 1 aliphatic heterocycles. The Morgan fingerprint density at radius 2 is 1.92 bits per heavy atom. The molecular weight excluding hydrogens is 340 g/mol. The Balaban J connectivity index is 2.74. The van der Waals surface area contributed by atoms with Gasteiger partial charge >= 0.3 is 5.97 Å². The Kier molecular flexibility index (Phi) is 7.95. The molecule has 0 aromatic carbocycles. The van der Waals surface area contributed by atoms with Crippen molar-refractivity contribution in [1.29, 1.82) is 0 Å². The van der Waals surface area contributed by atoms with Crippen LogP contribution in [0.15, 0.2) is 0 Å². The van der Waals surface area contributed by atoms with Gasteiger partial charge in [0.15, 0.2) is 0 Å². The van der Waals surface area contributed by atoms with Crippen LogP contribution in [0.25, 0.3) is 0 Å². The summed E-state index contributed by atoms with van der Waals surface area (Å²) in [5.74, 6) is -3.14. The molecule has 0 aromatic rings. The first-order valence-electron chi connectivity index (χ1n) is 7.40. The molecule has 3 unspecified atom stereocenters. The summed E-state index contributed by atoms with van der Waals surface area (Å²) in [6, 6.07) is -3.30. The van der Waals surface area contributed by atoms with E-state index in [2.05, 4.69) is 23.3 Å². The second-order valence-electron chi connectivity index (χ2n) is 5.28. The van der Waals surface area contributed by atoms with Crippen molar-refractivity contribution >= 4 is 36.3 Å². The number of aliphatic hydroxyl groups excluding tert-OH is 1. The normalized spacial score (nSPS) is 19.5. The topological polar surface area (TPSA) is 162 Å². The van der Waals surface area contributed by atoms with Gasteiger partial charge in [0.05, 0.1) is 13.2 Å². The minimum Gasteiger partial charge on any atom is -0.480 e. The summed E-state index contributed by atoms with van der Waals surface area (Å²) in [5.41, 5.74) is 5.15. The first-order chi connectivity index (χ1) is 11.3. The minimum atomic E-state index is -1.30. The van der Waals surface area contributed by atoms with E-state index in [1.807, 2.05) is 0 Å². The quantitative estimate of drug-likeness (QED) is 0.249. The van der Waals surface area contributed by atoms with Gasteiger partial charge in [0.2, 0.25) is 17.7 Å². The van der Waals surface area contributed by atoms with E-state index in [1.54, 1.807) is 0 Å². The molecule has 0 radical (unpaired) electrons. The molecule has 24 heavy (non-hydrogen) atoms. The van der Waals surface area contributed by atoms with Crippen LogP contribution in [0.1, 0.15) is 12.8 Å². The van der Waals surface area contributed by atoms with Crippen LogP contribution in [0.5, 0.6) is 0 Å². The highest BCUT2D eigenvalue weighted by atomic mass is 32.1. The summed E-state index contributed by atoms with van der Waals surface area (Å²) in [5, 5.41) is 23.1. The average Bonchev–Trinajstić information content (AvgIpc) is 3.06. The van der Waals surface area contributed by atoms with Gasteiger partial charge in [-0.1, -0.05) is 0 Å². The molecular formula is C13H22N4O6S. The lowest BCUT2D eigenvalue weighted by Gasteiger charge is -2.27. The maximum absolute atomic E-state index is 12.4. The number of carboxylic acids is 1. The summed E-state index contributed by atoms with van der Waals surface area (Å²) in [6.45, 7) is -0.770. The summed E-state index contributed by atoms with van der Waals surface area (Å²) in [6.07, 6.45) is 0.847. The van der Waals surface area contributed by atoms with Crippen LogP contribution in [-0.2, 0) is 19.2 Å². The zero-order chi connectivity index (χ0) is 18.3. The number of aliphatic carboxylic acids is 1. The number of nitrogens with zero attached hydrogens (tertiary/aromatic N) is 1. The fraction of sp³-hybridized carbons (Fsp3) is 0.692. The molecule has 10 nitrogen and oxygen atoms in total. The van der Waals surface area contributed by atoms with Crippen molar-refractivity contribution < 1.29 is 29.4 Å². The molecule has 0 saturated carbocycles. The highest BCUT2D eigenvalue weighted by Gasteiger charge is 2.37. The Labute approximate surface area is 144 Å². The third-order valence-electron chi connectivity index (χ3n) is 3.64. The average molecular weight is 362 g/mol. The van der Waals surface area contributed by atoms with Gasteiger partial charge in [0, 0.05) is 12.3 Å². The number of carbonyl (C=O) groups excluding carboxylic acids is 3. The Bertz CT molecular complexity index is 503. The predicted octanol–water partition coefficient (Wildman–Crippen LogP) is -3.09. The van der Waals surface area contributed by atoms with E-state index in [0.717, 1.165) is 4.90 Å². The maximum Gasteiger partial charge on any atom is 0.326 e. The first kappa shape index (κ1) is 20.2. The summed E-state index contributed by atoms with van der Waals surface area (Å²) in [4.78, 5) is 48.0. The van der Waals surface area contributed by atoms with Crippen LogP contribution < -0.4 is 16.4 Å². The van der Waals surface area contributed by atoms with E-state index >= 15 is 0 Å². The number of hydrogen-bond acceptors (Lipinski definition) is 7. The van der Waals surface area contributed by atoms with E-state index in [0.29, 0.717) is 12.8 Å². The molecule has 11 heteroatoms. The Morgan fingerprint density at radius 3 is 2.42 bits per heavy atom. The molecule has 1 fully saturated rings. The maximum atomic E-state index is 12.4. The molecule has 6 N–H and O–H groups in total. The van der Waals surface area contributed by atoms with Crippen molar-refractivity contribution in [3.8, 4) is 0 Å². The van der Waals surface area contributed by atoms with Crippen LogP contribution in [-0.4, -0.2) is 82.4 Å². The van der Waals surface area contributed by atoms with E-state index in [1.165, 1.54) is 0 Å². The van der Waals surface area contributed by atoms with Crippen molar-refractivity contribution in [2.75, 3.05) is 25.4 Å². The second-order valence-corrected chi connectivity index (χ2v) is 5.64. The van der Waals surface area contributed by atoms with Gasteiger partial charge in [0.25, 0.3) is 0 Å². The van der Waals surface area contributed by atoms with Crippen molar-refractivity contribution in [2.24, 2.45) is 5.73 Å². The number of aliphatic hydroxyl groups is 1. The standard InChI is InChI=1S/C13H22N4O6S/c14-4-10(19)15-8(6-24)11(20)16-7(5-18)12(21)17-3-1-2-9(17)13(22)23/h7-9,18,24H,1-6,14H2,(H,15,19)(H,16,20)(H,22,23). The number of amides is 3. The molecule has 0 spiro atoms. The molecule has 0 aliphatic carbocycles. The van der Waals surface area contributed by atoms with Crippen LogP contribution in [0.2, 0.25) is 0 Å². The van der Waals surface area contributed by atoms with Gasteiger partial charge < -0.3 is 31.5 Å². The van der Waals surface area contributed by atoms with Crippen LogP contribution in [0.3, 0.4) is 0 Å². The van der Waals surface area contributed by atoms with E-state index in [9.17, 15) is 24.3 Å². The number of nitrogens with one attached hydrogen (secondary N) is 2. The zero-order valence-electron chi connectivity index (χ0n) is 13.0. The van der Waals surface area contributed by atoms with Crippen molar-refractivity contribution in [3.63, 3.8) is 0 Å². The lowest BCUT2D eigenvalue weighted by Crippen LogP contribution is -2.57. The van der Waals surface area contributed by atoms with Crippen LogP contribution in [0, 0.1) is 0 Å². The molecule has 1 rings (SSSR count). The van der Waals surface area contributed by atoms with E-state index in [4.69, 9.17) is 10.8 Å². The van der Waals surface area contributed by atoms with Crippen molar-refractivity contribution in [2.45, 2.75) is 31.0 Å². The smallest absolute Gasteiger partial charge is 0.326 e. The number of rotatable bonds is 8. The second kappa shape index (κ2) is 9.45. The molecule has 136 valence electrons. The lowest BCUT2D eigenvalue weighted by molar-refractivity contribution is -0.150. The Morgan fingerprint density at radius 1 is 1.25 bits per heavy atom. The highest BCUT2D eigenvalue weighted by Crippen LogP contribution is 2.18. The SMILES string of the molecule is NCC(=O)NC(CS)C(=O)NC(CO)C(=O)N1CCCC1C(=O)O.